The number of hydrogen-bond acceptors (Lipinski definition) is 5. The Morgan fingerprint density at radius 3 is 2.58 bits per heavy atom. The predicted molar refractivity (Wildman–Crippen MR) is 70.2 cm³/mol. The highest BCUT2D eigenvalue weighted by molar-refractivity contribution is 5.69. The zero-order valence-corrected chi connectivity index (χ0v) is 9.93. The maximum Gasteiger partial charge on any atom is 0.183 e. The van der Waals surface area contributed by atoms with Gasteiger partial charge in [0.25, 0.3) is 0 Å². The SMILES string of the molecule is c1ccc(N=Nc2ncccc2-c2ccn[nH]2)nc1. The van der Waals surface area contributed by atoms with Gasteiger partial charge >= 0.3 is 0 Å². The van der Waals surface area contributed by atoms with Crippen molar-refractivity contribution in [3.8, 4) is 11.3 Å². The Bertz CT molecular complexity index is 675. The topological polar surface area (TPSA) is 79.2 Å². The summed E-state index contributed by atoms with van der Waals surface area (Å²) in [6, 6.07) is 11.1. The number of nitrogens with one attached hydrogen (secondary N) is 1. The fraction of sp³-hybridized carbons (Fsp3) is 0. The first kappa shape index (κ1) is 11.2. The molecule has 3 heterocycles. The van der Waals surface area contributed by atoms with Crippen molar-refractivity contribution in [2.24, 2.45) is 10.2 Å². The van der Waals surface area contributed by atoms with E-state index in [0.29, 0.717) is 11.6 Å². The van der Waals surface area contributed by atoms with Crippen LogP contribution in [0.1, 0.15) is 0 Å². The van der Waals surface area contributed by atoms with Gasteiger partial charge in [0.05, 0.1) is 5.69 Å². The van der Waals surface area contributed by atoms with E-state index < -0.39 is 0 Å². The molecule has 0 fully saturated rings. The third-order valence-electron chi connectivity index (χ3n) is 2.47. The first-order valence-corrected chi connectivity index (χ1v) is 5.71. The van der Waals surface area contributed by atoms with Gasteiger partial charge in [-0.15, -0.1) is 10.2 Å². The Hall–Kier alpha value is -2.89. The Morgan fingerprint density at radius 2 is 1.79 bits per heavy atom. The molecule has 0 aliphatic carbocycles. The van der Waals surface area contributed by atoms with E-state index in [1.807, 2.05) is 30.3 Å². The average Bonchev–Trinajstić information content (AvgIpc) is 3.01. The van der Waals surface area contributed by atoms with Crippen molar-refractivity contribution in [1.29, 1.82) is 0 Å². The summed E-state index contributed by atoms with van der Waals surface area (Å²) < 4.78 is 0. The minimum Gasteiger partial charge on any atom is -0.278 e. The van der Waals surface area contributed by atoms with Crippen LogP contribution in [0.4, 0.5) is 11.6 Å². The van der Waals surface area contributed by atoms with Crippen LogP contribution in [0.25, 0.3) is 11.3 Å². The number of nitrogens with zero attached hydrogens (tertiary/aromatic N) is 5. The van der Waals surface area contributed by atoms with Gasteiger partial charge in [-0.1, -0.05) is 6.07 Å². The van der Waals surface area contributed by atoms with Crippen molar-refractivity contribution in [3.05, 3.63) is 55.0 Å². The van der Waals surface area contributed by atoms with Crippen molar-refractivity contribution in [2.75, 3.05) is 0 Å². The fourth-order valence-electron chi connectivity index (χ4n) is 1.60. The number of azo groups is 1. The molecule has 92 valence electrons. The summed E-state index contributed by atoms with van der Waals surface area (Å²) in [7, 11) is 0. The molecule has 0 atom stereocenters. The van der Waals surface area contributed by atoms with Gasteiger partial charge in [-0.05, 0) is 30.3 Å². The molecule has 0 spiro atoms. The quantitative estimate of drug-likeness (QED) is 0.724. The number of aromatic nitrogens is 4. The second kappa shape index (κ2) is 5.18. The van der Waals surface area contributed by atoms with Crippen LogP contribution in [0.3, 0.4) is 0 Å². The maximum atomic E-state index is 4.21. The van der Waals surface area contributed by atoms with Crippen LogP contribution in [0.5, 0.6) is 0 Å². The summed E-state index contributed by atoms with van der Waals surface area (Å²) >= 11 is 0. The molecule has 0 aliphatic rings. The molecular formula is C13H10N6. The molecule has 6 heteroatoms. The summed E-state index contributed by atoms with van der Waals surface area (Å²) in [6.07, 6.45) is 5.03. The third-order valence-corrected chi connectivity index (χ3v) is 2.47. The molecule has 3 aromatic rings. The third kappa shape index (κ3) is 2.52. The van der Waals surface area contributed by atoms with E-state index in [-0.39, 0.29) is 0 Å². The van der Waals surface area contributed by atoms with E-state index in [1.165, 1.54) is 0 Å². The molecular weight excluding hydrogens is 240 g/mol. The molecule has 0 saturated heterocycles. The van der Waals surface area contributed by atoms with Crippen molar-refractivity contribution in [1.82, 2.24) is 20.2 Å². The standard InChI is InChI=1S/C13H10N6/c1-2-7-14-12(5-1)18-19-13-10(4-3-8-15-13)11-6-9-16-17-11/h1-9H,(H,16,17). The zero-order chi connectivity index (χ0) is 12.9. The van der Waals surface area contributed by atoms with Crippen molar-refractivity contribution in [2.45, 2.75) is 0 Å². The summed E-state index contributed by atoms with van der Waals surface area (Å²) in [5, 5.41) is 15.0. The predicted octanol–water partition coefficient (Wildman–Crippen LogP) is 3.28. The van der Waals surface area contributed by atoms with Gasteiger partial charge in [-0.2, -0.15) is 5.10 Å². The summed E-state index contributed by atoms with van der Waals surface area (Å²) in [5.41, 5.74) is 1.70. The van der Waals surface area contributed by atoms with Gasteiger partial charge in [-0.3, -0.25) is 5.10 Å². The second-order valence-corrected chi connectivity index (χ2v) is 3.73. The first-order valence-electron chi connectivity index (χ1n) is 5.71. The lowest BCUT2D eigenvalue weighted by molar-refractivity contribution is 1.08. The highest BCUT2D eigenvalue weighted by Gasteiger charge is 2.06. The van der Waals surface area contributed by atoms with Crippen LogP contribution in [-0.4, -0.2) is 20.2 Å². The van der Waals surface area contributed by atoms with E-state index in [1.54, 1.807) is 24.7 Å². The molecule has 0 aromatic carbocycles. The summed E-state index contributed by atoms with van der Waals surface area (Å²) in [4.78, 5) is 8.29. The van der Waals surface area contributed by atoms with Crippen molar-refractivity contribution in [3.63, 3.8) is 0 Å². The first-order chi connectivity index (χ1) is 9.43. The molecule has 3 aromatic heterocycles. The normalized spacial score (nSPS) is 10.9. The number of aromatic amines is 1. The molecule has 0 amide bonds. The second-order valence-electron chi connectivity index (χ2n) is 3.73. The van der Waals surface area contributed by atoms with Crippen LogP contribution in [0, 0.1) is 0 Å². The van der Waals surface area contributed by atoms with Crippen LogP contribution >= 0.6 is 0 Å². The molecule has 3 rings (SSSR count). The molecule has 0 radical (unpaired) electrons. The van der Waals surface area contributed by atoms with Gasteiger partial charge < -0.3 is 0 Å². The number of rotatable bonds is 3. The number of pyridine rings is 2. The van der Waals surface area contributed by atoms with E-state index in [9.17, 15) is 0 Å². The molecule has 19 heavy (non-hydrogen) atoms. The van der Waals surface area contributed by atoms with Gasteiger partial charge in [0.15, 0.2) is 11.6 Å². The highest BCUT2D eigenvalue weighted by atomic mass is 15.2. The van der Waals surface area contributed by atoms with Crippen molar-refractivity contribution < 1.29 is 0 Å². The van der Waals surface area contributed by atoms with Gasteiger partial charge in [-0.25, -0.2) is 9.97 Å². The maximum absolute atomic E-state index is 4.21. The van der Waals surface area contributed by atoms with E-state index >= 15 is 0 Å². The summed E-state index contributed by atoms with van der Waals surface area (Å²) in [6.45, 7) is 0. The lowest BCUT2D eigenvalue weighted by Crippen LogP contribution is -1.82. The highest BCUT2D eigenvalue weighted by Crippen LogP contribution is 2.27. The van der Waals surface area contributed by atoms with Gasteiger partial charge in [0.2, 0.25) is 0 Å². The van der Waals surface area contributed by atoms with Gasteiger partial charge in [0.1, 0.15) is 0 Å². The Morgan fingerprint density at radius 1 is 0.842 bits per heavy atom. The van der Waals surface area contributed by atoms with Crippen LogP contribution in [-0.2, 0) is 0 Å². The molecule has 6 nitrogen and oxygen atoms in total. The molecule has 1 N–H and O–H groups in total. The lowest BCUT2D eigenvalue weighted by Gasteiger charge is -2.00. The monoisotopic (exact) mass is 250 g/mol. The van der Waals surface area contributed by atoms with Crippen molar-refractivity contribution >= 4 is 11.6 Å². The lowest BCUT2D eigenvalue weighted by atomic mass is 10.2. The molecule has 0 saturated carbocycles. The minimum atomic E-state index is 0.525. The largest absolute Gasteiger partial charge is 0.278 e. The average molecular weight is 250 g/mol. The summed E-state index contributed by atoms with van der Waals surface area (Å²) in [5.74, 6) is 1.07. The van der Waals surface area contributed by atoms with E-state index in [2.05, 4.69) is 30.4 Å². The Kier molecular flexibility index (Phi) is 3.05. The molecule has 0 unspecified atom stereocenters. The minimum absolute atomic E-state index is 0.525. The van der Waals surface area contributed by atoms with Crippen LogP contribution < -0.4 is 0 Å². The van der Waals surface area contributed by atoms with E-state index in [0.717, 1.165) is 11.3 Å². The Balaban J connectivity index is 1.96. The van der Waals surface area contributed by atoms with E-state index in [4.69, 9.17) is 0 Å². The number of H-pyrrole nitrogens is 1. The van der Waals surface area contributed by atoms with Crippen LogP contribution in [0.15, 0.2) is 65.2 Å². The fourth-order valence-corrected chi connectivity index (χ4v) is 1.60. The zero-order valence-electron chi connectivity index (χ0n) is 9.93. The molecule has 0 aliphatic heterocycles. The number of hydrogen-bond donors (Lipinski definition) is 1. The van der Waals surface area contributed by atoms with Gasteiger partial charge in [0, 0.05) is 24.2 Å². The molecule has 0 bridgehead atoms. The Labute approximate surface area is 109 Å². The van der Waals surface area contributed by atoms with Crippen LogP contribution in [0.2, 0.25) is 0 Å². The smallest absolute Gasteiger partial charge is 0.183 e.